The number of anilines is 1. The molecule has 1 atom stereocenters. The Hall–Kier alpha value is -2.44. The first-order chi connectivity index (χ1) is 9.92. The number of amides is 1. The van der Waals surface area contributed by atoms with E-state index in [2.05, 4.69) is 10.5 Å². The van der Waals surface area contributed by atoms with Crippen molar-refractivity contribution < 1.29 is 19.5 Å². The number of hydrogen-bond donors (Lipinski definition) is 3. The Bertz CT molecular complexity index is 545. The van der Waals surface area contributed by atoms with E-state index >= 15 is 0 Å². The lowest BCUT2D eigenvalue weighted by Crippen LogP contribution is -2.44. The SMILES string of the molecule is CCC(C)(C(=O)Nc1ccc(OC)cc1OC)/C(N)=N/O. The summed E-state index contributed by atoms with van der Waals surface area (Å²) in [6.45, 7) is 3.39. The number of methoxy groups -OCH3 is 2. The van der Waals surface area contributed by atoms with Crippen molar-refractivity contribution in [3.05, 3.63) is 18.2 Å². The molecule has 0 aliphatic heterocycles. The highest BCUT2D eigenvalue weighted by atomic mass is 16.5. The highest BCUT2D eigenvalue weighted by Gasteiger charge is 2.36. The lowest BCUT2D eigenvalue weighted by molar-refractivity contribution is -0.121. The normalized spacial score (nSPS) is 14.2. The quantitative estimate of drug-likeness (QED) is 0.321. The lowest BCUT2D eigenvalue weighted by Gasteiger charge is -2.25. The van der Waals surface area contributed by atoms with Gasteiger partial charge in [0.1, 0.15) is 16.9 Å². The van der Waals surface area contributed by atoms with Crippen molar-refractivity contribution in [1.82, 2.24) is 0 Å². The van der Waals surface area contributed by atoms with Crippen LogP contribution in [0.2, 0.25) is 0 Å². The van der Waals surface area contributed by atoms with Crippen LogP contribution in [0.4, 0.5) is 5.69 Å². The van der Waals surface area contributed by atoms with Crippen LogP contribution in [-0.4, -0.2) is 31.2 Å². The van der Waals surface area contributed by atoms with Crippen LogP contribution in [0.3, 0.4) is 0 Å². The summed E-state index contributed by atoms with van der Waals surface area (Å²) in [5.41, 5.74) is 4.99. The first kappa shape index (κ1) is 16.6. The van der Waals surface area contributed by atoms with Crippen LogP contribution in [0.5, 0.6) is 11.5 Å². The lowest BCUT2D eigenvalue weighted by atomic mass is 9.85. The molecule has 0 fully saturated rings. The highest BCUT2D eigenvalue weighted by Crippen LogP contribution is 2.31. The van der Waals surface area contributed by atoms with Gasteiger partial charge in [0.2, 0.25) is 5.91 Å². The summed E-state index contributed by atoms with van der Waals surface area (Å²) >= 11 is 0. The molecule has 4 N–H and O–H groups in total. The third-order valence-electron chi connectivity index (χ3n) is 3.54. The van der Waals surface area contributed by atoms with E-state index in [1.54, 1.807) is 39.2 Å². The average molecular weight is 295 g/mol. The van der Waals surface area contributed by atoms with Crippen molar-refractivity contribution in [1.29, 1.82) is 0 Å². The molecule has 0 heterocycles. The molecule has 0 spiro atoms. The minimum Gasteiger partial charge on any atom is -0.497 e. The van der Waals surface area contributed by atoms with Crippen LogP contribution in [0.1, 0.15) is 20.3 Å². The van der Waals surface area contributed by atoms with Crippen molar-refractivity contribution in [3.8, 4) is 11.5 Å². The van der Waals surface area contributed by atoms with Crippen LogP contribution in [0.15, 0.2) is 23.4 Å². The molecule has 1 aromatic rings. The monoisotopic (exact) mass is 295 g/mol. The Morgan fingerprint density at radius 2 is 2.10 bits per heavy atom. The molecule has 0 aliphatic carbocycles. The molecule has 0 saturated carbocycles. The molecule has 0 radical (unpaired) electrons. The van der Waals surface area contributed by atoms with Gasteiger partial charge in [0.05, 0.1) is 19.9 Å². The number of nitrogens with zero attached hydrogens (tertiary/aromatic N) is 1. The van der Waals surface area contributed by atoms with E-state index in [9.17, 15) is 4.79 Å². The molecule has 7 heteroatoms. The van der Waals surface area contributed by atoms with Crippen LogP contribution in [0.25, 0.3) is 0 Å². The molecule has 0 bridgehead atoms. The first-order valence-electron chi connectivity index (χ1n) is 6.44. The van der Waals surface area contributed by atoms with Crippen molar-refractivity contribution >= 4 is 17.4 Å². The van der Waals surface area contributed by atoms with Crippen LogP contribution in [0, 0.1) is 5.41 Å². The fraction of sp³-hybridized carbons (Fsp3) is 0.429. The summed E-state index contributed by atoms with van der Waals surface area (Å²) < 4.78 is 10.3. The van der Waals surface area contributed by atoms with Gasteiger partial charge in [-0.25, -0.2) is 0 Å². The number of carbonyl (C=O) groups is 1. The van der Waals surface area contributed by atoms with Crippen LogP contribution < -0.4 is 20.5 Å². The van der Waals surface area contributed by atoms with Crippen molar-refractivity contribution in [3.63, 3.8) is 0 Å². The molecular weight excluding hydrogens is 274 g/mol. The van der Waals surface area contributed by atoms with E-state index in [1.807, 2.05) is 0 Å². The Labute approximate surface area is 123 Å². The molecule has 7 nitrogen and oxygen atoms in total. The zero-order valence-corrected chi connectivity index (χ0v) is 12.6. The standard InChI is InChI=1S/C14H21N3O4/c1-5-14(2,12(15)17-19)13(18)16-10-7-6-9(20-3)8-11(10)21-4/h6-8,19H,5H2,1-4H3,(H2,15,17)(H,16,18). The van der Waals surface area contributed by atoms with Gasteiger partial charge in [-0.3, -0.25) is 4.79 Å². The third-order valence-corrected chi connectivity index (χ3v) is 3.54. The van der Waals surface area contributed by atoms with Gasteiger partial charge in [-0.2, -0.15) is 0 Å². The number of carbonyl (C=O) groups excluding carboxylic acids is 1. The van der Waals surface area contributed by atoms with Crippen LogP contribution in [-0.2, 0) is 4.79 Å². The molecule has 1 unspecified atom stereocenters. The molecule has 0 aliphatic rings. The van der Waals surface area contributed by atoms with Crippen molar-refractivity contribution in [2.24, 2.45) is 16.3 Å². The molecule has 0 saturated heterocycles. The zero-order chi connectivity index (χ0) is 16.0. The second-order valence-corrected chi connectivity index (χ2v) is 4.69. The molecule has 21 heavy (non-hydrogen) atoms. The summed E-state index contributed by atoms with van der Waals surface area (Å²) in [5, 5.41) is 14.5. The first-order valence-corrected chi connectivity index (χ1v) is 6.44. The zero-order valence-electron chi connectivity index (χ0n) is 12.6. The van der Waals surface area contributed by atoms with Gasteiger partial charge in [0.15, 0.2) is 5.84 Å². The van der Waals surface area contributed by atoms with Gasteiger partial charge in [0.25, 0.3) is 0 Å². The summed E-state index contributed by atoms with van der Waals surface area (Å²) in [7, 11) is 3.03. The van der Waals surface area contributed by atoms with Gasteiger partial charge in [-0.1, -0.05) is 12.1 Å². The predicted octanol–water partition coefficient (Wildman–Crippen LogP) is 1.80. The van der Waals surface area contributed by atoms with Gasteiger partial charge >= 0.3 is 0 Å². The maximum Gasteiger partial charge on any atom is 0.238 e. The van der Waals surface area contributed by atoms with E-state index < -0.39 is 5.41 Å². The molecule has 1 aromatic carbocycles. The minimum atomic E-state index is -1.11. The van der Waals surface area contributed by atoms with Gasteiger partial charge in [0, 0.05) is 6.07 Å². The number of oxime groups is 1. The maximum absolute atomic E-state index is 12.4. The number of ether oxygens (including phenoxy) is 2. The highest BCUT2D eigenvalue weighted by molar-refractivity contribution is 6.11. The molecular formula is C14H21N3O4. The topological polar surface area (TPSA) is 106 Å². The largest absolute Gasteiger partial charge is 0.497 e. The van der Waals surface area contributed by atoms with Crippen LogP contribution >= 0.6 is 0 Å². The van der Waals surface area contributed by atoms with Gasteiger partial charge < -0.3 is 25.7 Å². The Balaban J connectivity index is 3.07. The predicted molar refractivity (Wildman–Crippen MR) is 80.0 cm³/mol. The third kappa shape index (κ3) is 3.36. The van der Waals surface area contributed by atoms with E-state index in [1.165, 1.54) is 7.11 Å². The second kappa shape index (κ2) is 6.83. The number of nitrogens with two attached hydrogens (primary N) is 1. The van der Waals surface area contributed by atoms with Crippen molar-refractivity contribution in [2.45, 2.75) is 20.3 Å². The summed E-state index contributed by atoms with van der Waals surface area (Å²) in [6, 6.07) is 5.02. The molecule has 0 aromatic heterocycles. The molecule has 1 rings (SSSR count). The number of benzene rings is 1. The van der Waals surface area contributed by atoms with E-state index in [0.29, 0.717) is 23.6 Å². The second-order valence-electron chi connectivity index (χ2n) is 4.69. The number of amidine groups is 1. The fourth-order valence-electron chi connectivity index (χ4n) is 1.73. The number of hydrogen-bond acceptors (Lipinski definition) is 5. The Morgan fingerprint density at radius 3 is 2.57 bits per heavy atom. The van der Waals surface area contributed by atoms with E-state index in [-0.39, 0.29) is 11.7 Å². The molecule has 116 valence electrons. The summed E-state index contributed by atoms with van der Waals surface area (Å²) in [5.74, 6) is 0.541. The van der Waals surface area contributed by atoms with Gasteiger partial charge in [-0.05, 0) is 25.5 Å². The van der Waals surface area contributed by atoms with E-state index in [0.717, 1.165) is 0 Å². The fourth-order valence-corrected chi connectivity index (χ4v) is 1.73. The Kier molecular flexibility index (Phi) is 5.40. The average Bonchev–Trinajstić information content (AvgIpc) is 2.53. The maximum atomic E-state index is 12.4. The van der Waals surface area contributed by atoms with E-state index in [4.69, 9.17) is 20.4 Å². The smallest absolute Gasteiger partial charge is 0.238 e. The van der Waals surface area contributed by atoms with Gasteiger partial charge in [-0.15, -0.1) is 0 Å². The van der Waals surface area contributed by atoms with Crippen molar-refractivity contribution in [2.75, 3.05) is 19.5 Å². The minimum absolute atomic E-state index is 0.144. The number of rotatable bonds is 6. The summed E-state index contributed by atoms with van der Waals surface area (Å²) in [4.78, 5) is 12.4. The number of nitrogens with one attached hydrogen (secondary N) is 1. The molecule has 1 amide bonds. The Morgan fingerprint density at radius 1 is 1.43 bits per heavy atom. The summed E-state index contributed by atoms with van der Waals surface area (Å²) in [6.07, 6.45) is 0.382.